The van der Waals surface area contributed by atoms with Gasteiger partial charge >= 0.3 is 0 Å². The van der Waals surface area contributed by atoms with Crippen molar-refractivity contribution in [1.82, 2.24) is 9.97 Å². The molecule has 0 radical (unpaired) electrons. The lowest BCUT2D eigenvalue weighted by atomic mass is 10.1. The molecular formula is C11H11BrN2. The third-order valence-electron chi connectivity index (χ3n) is 2.28. The fourth-order valence-electron chi connectivity index (χ4n) is 1.39. The standard InChI is InChI=1S/C11H11BrN2/c1-7-3-4-9(5-10(7)12)11-8(2)13-6-14-11/h3-6H,1-2H3,(H,13,14). The van der Waals surface area contributed by atoms with Gasteiger partial charge in [-0.25, -0.2) is 4.98 Å². The van der Waals surface area contributed by atoms with Crippen LogP contribution in [0.4, 0.5) is 0 Å². The highest BCUT2D eigenvalue weighted by molar-refractivity contribution is 9.10. The van der Waals surface area contributed by atoms with E-state index < -0.39 is 0 Å². The van der Waals surface area contributed by atoms with E-state index in [1.165, 1.54) is 5.56 Å². The zero-order valence-corrected chi connectivity index (χ0v) is 9.72. The number of aromatic amines is 1. The van der Waals surface area contributed by atoms with Gasteiger partial charge in [-0.1, -0.05) is 28.1 Å². The van der Waals surface area contributed by atoms with Crippen molar-refractivity contribution in [2.75, 3.05) is 0 Å². The van der Waals surface area contributed by atoms with Crippen molar-refractivity contribution in [2.24, 2.45) is 0 Å². The highest BCUT2D eigenvalue weighted by atomic mass is 79.9. The van der Waals surface area contributed by atoms with Crippen LogP contribution < -0.4 is 0 Å². The van der Waals surface area contributed by atoms with Crippen molar-refractivity contribution < 1.29 is 0 Å². The van der Waals surface area contributed by atoms with Gasteiger partial charge in [-0.3, -0.25) is 0 Å². The summed E-state index contributed by atoms with van der Waals surface area (Å²) in [5.41, 5.74) is 4.50. The lowest BCUT2D eigenvalue weighted by Crippen LogP contribution is -1.83. The largest absolute Gasteiger partial charge is 0.348 e. The first kappa shape index (κ1) is 9.46. The minimum absolute atomic E-state index is 1.02. The third-order valence-corrected chi connectivity index (χ3v) is 3.13. The lowest BCUT2D eigenvalue weighted by Gasteiger charge is -2.02. The van der Waals surface area contributed by atoms with Gasteiger partial charge in [0.25, 0.3) is 0 Å². The molecule has 0 aliphatic rings. The maximum Gasteiger partial charge on any atom is 0.0929 e. The quantitative estimate of drug-likeness (QED) is 0.826. The summed E-state index contributed by atoms with van der Waals surface area (Å²) in [5.74, 6) is 0. The number of aromatic nitrogens is 2. The molecule has 0 saturated carbocycles. The molecule has 0 spiro atoms. The van der Waals surface area contributed by atoms with Gasteiger partial charge in [-0.2, -0.15) is 0 Å². The minimum atomic E-state index is 1.02. The normalized spacial score (nSPS) is 10.5. The van der Waals surface area contributed by atoms with Crippen LogP contribution in [0, 0.1) is 13.8 Å². The van der Waals surface area contributed by atoms with Crippen LogP contribution in [0.15, 0.2) is 29.0 Å². The monoisotopic (exact) mass is 250 g/mol. The number of nitrogens with zero attached hydrogens (tertiary/aromatic N) is 1. The van der Waals surface area contributed by atoms with Crippen LogP contribution in [0.25, 0.3) is 11.3 Å². The van der Waals surface area contributed by atoms with Crippen molar-refractivity contribution in [3.63, 3.8) is 0 Å². The number of imidazole rings is 1. The Balaban J connectivity index is 2.53. The number of halogens is 1. The summed E-state index contributed by atoms with van der Waals surface area (Å²) in [7, 11) is 0. The van der Waals surface area contributed by atoms with Gasteiger partial charge in [0.15, 0.2) is 0 Å². The van der Waals surface area contributed by atoms with Crippen molar-refractivity contribution in [2.45, 2.75) is 13.8 Å². The molecule has 3 heteroatoms. The number of nitrogens with one attached hydrogen (secondary N) is 1. The van der Waals surface area contributed by atoms with Crippen LogP contribution in [-0.2, 0) is 0 Å². The SMILES string of the molecule is Cc1ccc(-c2nc[nH]c2C)cc1Br. The lowest BCUT2D eigenvalue weighted by molar-refractivity contribution is 1.25. The van der Waals surface area contributed by atoms with Gasteiger partial charge in [0.05, 0.1) is 12.0 Å². The van der Waals surface area contributed by atoms with Gasteiger partial charge in [-0.05, 0) is 25.5 Å². The zero-order chi connectivity index (χ0) is 10.1. The summed E-state index contributed by atoms with van der Waals surface area (Å²) in [6.45, 7) is 4.10. The summed E-state index contributed by atoms with van der Waals surface area (Å²) >= 11 is 3.52. The smallest absolute Gasteiger partial charge is 0.0929 e. The molecule has 0 amide bonds. The molecule has 72 valence electrons. The molecule has 1 N–H and O–H groups in total. The van der Waals surface area contributed by atoms with Gasteiger partial charge in [0, 0.05) is 15.7 Å². The summed E-state index contributed by atoms with van der Waals surface area (Å²) < 4.78 is 1.12. The van der Waals surface area contributed by atoms with Gasteiger partial charge in [-0.15, -0.1) is 0 Å². The maximum absolute atomic E-state index is 4.28. The Morgan fingerprint density at radius 1 is 1.29 bits per heavy atom. The molecule has 2 aromatic rings. The van der Waals surface area contributed by atoms with Gasteiger partial charge in [0.2, 0.25) is 0 Å². The average molecular weight is 251 g/mol. The second-order valence-electron chi connectivity index (χ2n) is 3.34. The van der Waals surface area contributed by atoms with Crippen LogP contribution in [0.3, 0.4) is 0 Å². The molecule has 0 atom stereocenters. The Labute approximate surface area is 91.5 Å². The second kappa shape index (κ2) is 3.58. The minimum Gasteiger partial charge on any atom is -0.348 e. The molecule has 0 bridgehead atoms. The third kappa shape index (κ3) is 1.60. The zero-order valence-electron chi connectivity index (χ0n) is 8.13. The summed E-state index contributed by atoms with van der Waals surface area (Å²) in [4.78, 5) is 7.36. The van der Waals surface area contributed by atoms with Crippen LogP contribution in [0.1, 0.15) is 11.3 Å². The van der Waals surface area contributed by atoms with E-state index in [0.29, 0.717) is 0 Å². The highest BCUT2D eigenvalue weighted by Gasteiger charge is 2.05. The predicted molar refractivity (Wildman–Crippen MR) is 61.2 cm³/mol. The summed E-state index contributed by atoms with van der Waals surface area (Å²) in [5, 5.41) is 0. The second-order valence-corrected chi connectivity index (χ2v) is 4.19. The Morgan fingerprint density at radius 2 is 2.07 bits per heavy atom. The number of hydrogen-bond donors (Lipinski definition) is 1. The number of H-pyrrole nitrogens is 1. The molecule has 14 heavy (non-hydrogen) atoms. The Kier molecular flexibility index (Phi) is 2.42. The molecule has 0 fully saturated rings. The number of hydrogen-bond acceptors (Lipinski definition) is 1. The molecule has 0 aliphatic carbocycles. The Bertz CT molecular complexity index is 460. The molecule has 2 nitrogen and oxygen atoms in total. The highest BCUT2D eigenvalue weighted by Crippen LogP contribution is 2.25. The van der Waals surface area contributed by atoms with Gasteiger partial charge in [0.1, 0.15) is 0 Å². The molecule has 0 aliphatic heterocycles. The summed E-state index contributed by atoms with van der Waals surface area (Å²) in [6, 6.07) is 6.27. The molecular weight excluding hydrogens is 240 g/mol. The van der Waals surface area contributed by atoms with Crippen LogP contribution in [0.2, 0.25) is 0 Å². The molecule has 1 aromatic carbocycles. The topological polar surface area (TPSA) is 28.7 Å². The molecule has 1 aromatic heterocycles. The van der Waals surface area contributed by atoms with Crippen LogP contribution >= 0.6 is 15.9 Å². The van der Waals surface area contributed by atoms with E-state index in [1.807, 2.05) is 6.92 Å². The van der Waals surface area contributed by atoms with E-state index in [1.54, 1.807) is 6.33 Å². The van der Waals surface area contributed by atoms with Crippen molar-refractivity contribution in [1.29, 1.82) is 0 Å². The van der Waals surface area contributed by atoms with E-state index >= 15 is 0 Å². The molecule has 1 heterocycles. The first-order chi connectivity index (χ1) is 6.68. The fraction of sp³-hybridized carbons (Fsp3) is 0.182. The van der Waals surface area contributed by atoms with E-state index in [9.17, 15) is 0 Å². The molecule has 0 unspecified atom stereocenters. The number of rotatable bonds is 1. The number of aryl methyl sites for hydroxylation is 2. The molecule has 2 rings (SSSR count). The Hall–Kier alpha value is -1.09. The van der Waals surface area contributed by atoms with Crippen molar-refractivity contribution in [3.05, 3.63) is 40.3 Å². The van der Waals surface area contributed by atoms with Gasteiger partial charge < -0.3 is 4.98 Å². The van der Waals surface area contributed by atoms with E-state index in [4.69, 9.17) is 0 Å². The first-order valence-electron chi connectivity index (χ1n) is 4.45. The maximum atomic E-state index is 4.28. The van der Waals surface area contributed by atoms with E-state index in [0.717, 1.165) is 21.4 Å². The first-order valence-corrected chi connectivity index (χ1v) is 5.24. The van der Waals surface area contributed by atoms with Crippen molar-refractivity contribution in [3.8, 4) is 11.3 Å². The predicted octanol–water partition coefficient (Wildman–Crippen LogP) is 3.46. The van der Waals surface area contributed by atoms with E-state index in [2.05, 4.69) is 51.0 Å². The van der Waals surface area contributed by atoms with Crippen molar-refractivity contribution >= 4 is 15.9 Å². The average Bonchev–Trinajstić information content (AvgIpc) is 2.57. The summed E-state index contributed by atoms with van der Waals surface area (Å²) in [6.07, 6.45) is 1.72. The molecule has 0 saturated heterocycles. The van der Waals surface area contributed by atoms with Crippen LogP contribution in [-0.4, -0.2) is 9.97 Å². The van der Waals surface area contributed by atoms with E-state index in [-0.39, 0.29) is 0 Å². The Morgan fingerprint density at radius 3 is 2.64 bits per heavy atom. The fourth-order valence-corrected chi connectivity index (χ4v) is 1.77. The number of benzene rings is 1. The van der Waals surface area contributed by atoms with Crippen LogP contribution in [0.5, 0.6) is 0 Å².